The highest BCUT2D eigenvalue weighted by molar-refractivity contribution is 6.30. The van der Waals surface area contributed by atoms with Crippen LogP contribution < -0.4 is 5.73 Å². The van der Waals surface area contributed by atoms with Gasteiger partial charge in [0.05, 0.1) is 5.69 Å². The molecule has 0 aliphatic carbocycles. The van der Waals surface area contributed by atoms with Crippen LogP contribution in [0.1, 0.15) is 30.8 Å². The molecule has 1 heterocycles. The van der Waals surface area contributed by atoms with Crippen molar-refractivity contribution in [2.75, 3.05) is 0 Å². The quantitative estimate of drug-likeness (QED) is 0.888. The molecule has 20 heavy (non-hydrogen) atoms. The summed E-state index contributed by atoms with van der Waals surface area (Å²) in [6, 6.07) is 10.2. The molecule has 0 bridgehead atoms. The van der Waals surface area contributed by atoms with Gasteiger partial charge in [-0.2, -0.15) is 5.10 Å². The average Bonchev–Trinajstić information content (AvgIpc) is 2.83. The molecule has 0 amide bonds. The predicted molar refractivity (Wildman–Crippen MR) is 84.1 cm³/mol. The number of rotatable bonds is 6. The molecule has 0 saturated carbocycles. The molecule has 108 valence electrons. The van der Waals surface area contributed by atoms with Crippen LogP contribution in [0, 0.1) is 0 Å². The Kier molecular flexibility index (Phi) is 5.21. The molecule has 0 spiro atoms. The topological polar surface area (TPSA) is 43.8 Å². The van der Waals surface area contributed by atoms with E-state index in [0.29, 0.717) is 0 Å². The Bertz CT molecular complexity index is 545. The average molecular weight is 292 g/mol. The van der Waals surface area contributed by atoms with Gasteiger partial charge < -0.3 is 5.73 Å². The van der Waals surface area contributed by atoms with Crippen molar-refractivity contribution in [2.45, 2.75) is 45.7 Å². The molecule has 2 aromatic rings. The van der Waals surface area contributed by atoms with Gasteiger partial charge in [-0.3, -0.25) is 4.68 Å². The fourth-order valence-corrected chi connectivity index (χ4v) is 2.52. The van der Waals surface area contributed by atoms with Gasteiger partial charge in [0.2, 0.25) is 0 Å². The molecule has 0 aliphatic rings. The van der Waals surface area contributed by atoms with Crippen molar-refractivity contribution in [2.24, 2.45) is 5.73 Å². The Morgan fingerprint density at radius 3 is 2.50 bits per heavy atom. The van der Waals surface area contributed by atoms with E-state index in [1.165, 1.54) is 11.3 Å². The number of nitrogens with two attached hydrogens (primary N) is 1. The van der Waals surface area contributed by atoms with Crippen molar-refractivity contribution >= 4 is 11.6 Å². The van der Waals surface area contributed by atoms with Gasteiger partial charge in [-0.25, -0.2) is 0 Å². The van der Waals surface area contributed by atoms with Gasteiger partial charge in [0, 0.05) is 29.7 Å². The molecule has 2 rings (SSSR count). The summed E-state index contributed by atoms with van der Waals surface area (Å²) in [5.41, 5.74) is 9.87. The third kappa shape index (κ3) is 3.84. The van der Waals surface area contributed by atoms with Crippen LogP contribution in [0.15, 0.2) is 30.3 Å². The van der Waals surface area contributed by atoms with Crippen LogP contribution in [0.2, 0.25) is 5.02 Å². The molecule has 0 aliphatic heterocycles. The molecule has 1 atom stereocenters. The second-order valence-electron chi connectivity index (χ2n) is 5.09. The van der Waals surface area contributed by atoms with Crippen molar-refractivity contribution in [3.05, 3.63) is 52.3 Å². The van der Waals surface area contributed by atoms with Crippen LogP contribution in [0.4, 0.5) is 0 Å². The normalized spacial score (nSPS) is 12.6. The first-order valence-corrected chi connectivity index (χ1v) is 7.55. The summed E-state index contributed by atoms with van der Waals surface area (Å²) >= 11 is 5.89. The van der Waals surface area contributed by atoms with Gasteiger partial charge >= 0.3 is 0 Å². The van der Waals surface area contributed by atoms with E-state index >= 15 is 0 Å². The van der Waals surface area contributed by atoms with Crippen LogP contribution in [-0.4, -0.2) is 15.8 Å². The van der Waals surface area contributed by atoms with Crippen LogP contribution in [0.3, 0.4) is 0 Å². The monoisotopic (exact) mass is 291 g/mol. The van der Waals surface area contributed by atoms with Crippen molar-refractivity contribution in [3.8, 4) is 0 Å². The standard InChI is InChI=1S/C16H22ClN3/c1-3-15-11-16(20(4-2)19-15)10-14(18)9-12-5-7-13(17)8-6-12/h5-8,11,14H,3-4,9-10,18H2,1-2H3. The fraction of sp³-hybridized carbons (Fsp3) is 0.438. The van der Waals surface area contributed by atoms with E-state index in [1.54, 1.807) is 0 Å². The van der Waals surface area contributed by atoms with Gasteiger partial charge in [0.25, 0.3) is 0 Å². The number of hydrogen-bond donors (Lipinski definition) is 1. The molecule has 3 nitrogen and oxygen atoms in total. The van der Waals surface area contributed by atoms with Crippen LogP contribution in [-0.2, 0) is 25.8 Å². The minimum atomic E-state index is 0.0999. The zero-order valence-electron chi connectivity index (χ0n) is 12.1. The lowest BCUT2D eigenvalue weighted by molar-refractivity contribution is 0.573. The van der Waals surface area contributed by atoms with E-state index in [1.807, 2.05) is 24.3 Å². The third-order valence-electron chi connectivity index (χ3n) is 3.46. The minimum Gasteiger partial charge on any atom is -0.327 e. The first-order valence-electron chi connectivity index (χ1n) is 7.18. The Hall–Kier alpha value is -1.32. The lowest BCUT2D eigenvalue weighted by atomic mass is 10.0. The lowest BCUT2D eigenvalue weighted by Gasteiger charge is -2.12. The molecule has 4 heteroatoms. The second kappa shape index (κ2) is 6.91. The predicted octanol–water partition coefficient (Wildman–Crippen LogP) is 3.23. The maximum absolute atomic E-state index is 6.28. The molecule has 1 aromatic carbocycles. The number of hydrogen-bond acceptors (Lipinski definition) is 2. The zero-order chi connectivity index (χ0) is 14.5. The highest BCUT2D eigenvalue weighted by Crippen LogP contribution is 2.13. The summed E-state index contributed by atoms with van der Waals surface area (Å²) in [5.74, 6) is 0. The summed E-state index contributed by atoms with van der Waals surface area (Å²) in [5, 5.41) is 5.33. The first-order chi connectivity index (χ1) is 9.62. The minimum absolute atomic E-state index is 0.0999. The number of nitrogens with zero attached hydrogens (tertiary/aromatic N) is 2. The van der Waals surface area contributed by atoms with Crippen LogP contribution >= 0.6 is 11.6 Å². The van der Waals surface area contributed by atoms with Crippen molar-refractivity contribution < 1.29 is 0 Å². The van der Waals surface area contributed by atoms with E-state index in [2.05, 4.69) is 29.7 Å². The van der Waals surface area contributed by atoms with Crippen molar-refractivity contribution in [1.82, 2.24) is 9.78 Å². The Labute approximate surface area is 125 Å². The summed E-state index contributed by atoms with van der Waals surface area (Å²) in [7, 11) is 0. The van der Waals surface area contributed by atoms with E-state index in [0.717, 1.165) is 36.5 Å². The molecule has 1 unspecified atom stereocenters. The highest BCUT2D eigenvalue weighted by Gasteiger charge is 2.11. The van der Waals surface area contributed by atoms with Crippen molar-refractivity contribution in [1.29, 1.82) is 0 Å². The molecular formula is C16H22ClN3. The maximum atomic E-state index is 6.28. The largest absolute Gasteiger partial charge is 0.327 e. The van der Waals surface area contributed by atoms with Gasteiger partial charge in [-0.1, -0.05) is 30.7 Å². The number of aromatic nitrogens is 2. The van der Waals surface area contributed by atoms with E-state index in [9.17, 15) is 0 Å². The lowest BCUT2D eigenvalue weighted by Crippen LogP contribution is -2.26. The molecular weight excluding hydrogens is 270 g/mol. The van der Waals surface area contributed by atoms with Gasteiger partial charge in [0.15, 0.2) is 0 Å². The number of halogens is 1. The summed E-state index contributed by atoms with van der Waals surface area (Å²) < 4.78 is 2.06. The van der Waals surface area contributed by atoms with Gasteiger partial charge in [-0.05, 0) is 43.5 Å². The van der Waals surface area contributed by atoms with Gasteiger partial charge in [-0.15, -0.1) is 0 Å². The van der Waals surface area contributed by atoms with E-state index < -0.39 is 0 Å². The third-order valence-corrected chi connectivity index (χ3v) is 3.71. The SMILES string of the molecule is CCc1cc(CC(N)Cc2ccc(Cl)cc2)n(CC)n1. The maximum Gasteiger partial charge on any atom is 0.0624 e. The number of benzene rings is 1. The first kappa shape index (κ1) is 15.1. The molecule has 0 saturated heterocycles. The summed E-state index contributed by atoms with van der Waals surface area (Å²) in [4.78, 5) is 0. The van der Waals surface area contributed by atoms with E-state index in [4.69, 9.17) is 17.3 Å². The van der Waals surface area contributed by atoms with Crippen molar-refractivity contribution in [3.63, 3.8) is 0 Å². The molecule has 0 fully saturated rings. The molecule has 1 aromatic heterocycles. The smallest absolute Gasteiger partial charge is 0.0624 e. The summed E-state index contributed by atoms with van der Waals surface area (Å²) in [6.45, 7) is 5.13. The van der Waals surface area contributed by atoms with Crippen LogP contribution in [0.5, 0.6) is 0 Å². The Morgan fingerprint density at radius 1 is 1.20 bits per heavy atom. The van der Waals surface area contributed by atoms with E-state index in [-0.39, 0.29) is 6.04 Å². The Morgan fingerprint density at radius 2 is 1.90 bits per heavy atom. The zero-order valence-corrected chi connectivity index (χ0v) is 12.9. The Balaban J connectivity index is 2.02. The second-order valence-corrected chi connectivity index (χ2v) is 5.53. The van der Waals surface area contributed by atoms with Gasteiger partial charge in [0.1, 0.15) is 0 Å². The van der Waals surface area contributed by atoms with Crippen LogP contribution in [0.25, 0.3) is 0 Å². The molecule has 0 radical (unpaired) electrons. The number of aryl methyl sites for hydroxylation is 2. The highest BCUT2D eigenvalue weighted by atomic mass is 35.5. The molecule has 2 N–H and O–H groups in total. The summed E-state index contributed by atoms with van der Waals surface area (Å²) in [6.07, 6.45) is 2.67. The fourth-order valence-electron chi connectivity index (χ4n) is 2.39.